The van der Waals surface area contributed by atoms with Gasteiger partial charge >= 0.3 is 0 Å². The second kappa shape index (κ2) is 6.58. The number of imidazole rings is 1. The zero-order chi connectivity index (χ0) is 14.7. The van der Waals surface area contributed by atoms with Crippen LogP contribution in [0.5, 0.6) is 0 Å². The SMILES string of the molecule is OCCCNc1nc(Cl)nc2ncn(C3CCCCC3)c12. The third-order valence-electron chi connectivity index (χ3n) is 4.00. The van der Waals surface area contributed by atoms with E-state index in [1.54, 1.807) is 0 Å². The summed E-state index contributed by atoms with van der Waals surface area (Å²) in [6.45, 7) is 0.797. The van der Waals surface area contributed by atoms with Crippen LogP contribution < -0.4 is 5.32 Å². The van der Waals surface area contributed by atoms with Gasteiger partial charge in [0.1, 0.15) is 5.52 Å². The first kappa shape index (κ1) is 14.5. The Morgan fingerprint density at radius 1 is 1.29 bits per heavy atom. The van der Waals surface area contributed by atoms with Crippen molar-refractivity contribution in [3.8, 4) is 0 Å². The molecule has 21 heavy (non-hydrogen) atoms. The zero-order valence-corrected chi connectivity index (χ0v) is 12.7. The fraction of sp³-hybridized carbons (Fsp3) is 0.643. The largest absolute Gasteiger partial charge is 0.396 e. The topological polar surface area (TPSA) is 75.9 Å². The number of hydrogen-bond donors (Lipinski definition) is 2. The molecule has 0 aliphatic heterocycles. The number of rotatable bonds is 5. The number of nitrogens with one attached hydrogen (secondary N) is 1. The van der Waals surface area contributed by atoms with Crippen LogP contribution in [0.3, 0.4) is 0 Å². The van der Waals surface area contributed by atoms with Crippen LogP contribution in [-0.4, -0.2) is 37.8 Å². The fourth-order valence-electron chi connectivity index (χ4n) is 2.96. The molecule has 6 nitrogen and oxygen atoms in total. The Morgan fingerprint density at radius 2 is 2.10 bits per heavy atom. The van der Waals surface area contributed by atoms with Gasteiger partial charge in [0, 0.05) is 19.2 Å². The van der Waals surface area contributed by atoms with E-state index in [-0.39, 0.29) is 11.9 Å². The molecule has 0 saturated heterocycles. The van der Waals surface area contributed by atoms with Crippen LogP contribution in [0, 0.1) is 0 Å². The first-order chi connectivity index (χ1) is 10.3. The van der Waals surface area contributed by atoms with E-state index in [1.807, 2.05) is 6.33 Å². The van der Waals surface area contributed by atoms with Gasteiger partial charge in [-0.15, -0.1) is 0 Å². The van der Waals surface area contributed by atoms with E-state index in [9.17, 15) is 0 Å². The molecule has 0 aromatic carbocycles. The zero-order valence-electron chi connectivity index (χ0n) is 11.9. The smallest absolute Gasteiger partial charge is 0.226 e. The summed E-state index contributed by atoms with van der Waals surface area (Å²) in [4.78, 5) is 12.9. The summed E-state index contributed by atoms with van der Waals surface area (Å²) in [6, 6.07) is 0.465. The Morgan fingerprint density at radius 3 is 2.86 bits per heavy atom. The first-order valence-electron chi connectivity index (χ1n) is 7.54. The van der Waals surface area contributed by atoms with Crippen molar-refractivity contribution in [2.75, 3.05) is 18.5 Å². The molecule has 0 unspecified atom stereocenters. The number of aromatic nitrogens is 4. The molecule has 114 valence electrons. The minimum atomic E-state index is 0.150. The van der Waals surface area contributed by atoms with Gasteiger partial charge in [0.2, 0.25) is 5.28 Å². The predicted molar refractivity (Wildman–Crippen MR) is 82.6 cm³/mol. The average molecular weight is 310 g/mol. The quantitative estimate of drug-likeness (QED) is 0.656. The lowest BCUT2D eigenvalue weighted by Crippen LogP contribution is -2.14. The molecule has 0 amide bonds. The molecule has 7 heteroatoms. The molecule has 1 saturated carbocycles. The molecule has 1 aliphatic carbocycles. The van der Waals surface area contributed by atoms with Crippen molar-refractivity contribution in [2.24, 2.45) is 0 Å². The number of nitrogens with zero attached hydrogens (tertiary/aromatic N) is 4. The van der Waals surface area contributed by atoms with Gasteiger partial charge in [0.25, 0.3) is 0 Å². The van der Waals surface area contributed by atoms with Crippen molar-refractivity contribution in [3.05, 3.63) is 11.6 Å². The first-order valence-corrected chi connectivity index (χ1v) is 7.92. The van der Waals surface area contributed by atoms with Crippen LogP contribution in [0.15, 0.2) is 6.33 Å². The molecule has 2 N–H and O–H groups in total. The number of anilines is 1. The summed E-state index contributed by atoms with van der Waals surface area (Å²) in [7, 11) is 0. The van der Waals surface area contributed by atoms with Gasteiger partial charge in [0.15, 0.2) is 11.5 Å². The average Bonchev–Trinajstić information content (AvgIpc) is 2.92. The van der Waals surface area contributed by atoms with Crippen LogP contribution in [0.1, 0.15) is 44.6 Å². The maximum atomic E-state index is 8.91. The third kappa shape index (κ3) is 3.11. The molecule has 0 radical (unpaired) electrons. The van der Waals surface area contributed by atoms with Gasteiger partial charge in [0.05, 0.1) is 6.33 Å². The summed E-state index contributed by atoms with van der Waals surface area (Å²) >= 11 is 5.97. The van der Waals surface area contributed by atoms with Gasteiger partial charge in [-0.3, -0.25) is 0 Å². The van der Waals surface area contributed by atoms with Crippen molar-refractivity contribution in [2.45, 2.75) is 44.6 Å². The van der Waals surface area contributed by atoms with Crippen molar-refractivity contribution in [1.82, 2.24) is 19.5 Å². The minimum absolute atomic E-state index is 0.150. The van der Waals surface area contributed by atoms with E-state index in [4.69, 9.17) is 16.7 Å². The Kier molecular flexibility index (Phi) is 4.55. The van der Waals surface area contributed by atoms with E-state index in [0.717, 1.165) is 5.52 Å². The van der Waals surface area contributed by atoms with E-state index in [1.165, 1.54) is 32.1 Å². The summed E-state index contributed by atoms with van der Waals surface area (Å²) in [5, 5.41) is 12.3. The van der Waals surface area contributed by atoms with Crippen LogP contribution >= 0.6 is 11.6 Å². The van der Waals surface area contributed by atoms with Crippen LogP contribution in [0.25, 0.3) is 11.2 Å². The van der Waals surface area contributed by atoms with Crippen molar-refractivity contribution in [1.29, 1.82) is 0 Å². The lowest BCUT2D eigenvalue weighted by atomic mass is 9.95. The second-order valence-electron chi connectivity index (χ2n) is 5.46. The molecule has 1 aliphatic rings. The molecule has 1 fully saturated rings. The molecular weight excluding hydrogens is 290 g/mol. The molecular formula is C14H20ClN5O. The highest BCUT2D eigenvalue weighted by Crippen LogP contribution is 2.32. The molecule has 0 bridgehead atoms. The highest BCUT2D eigenvalue weighted by molar-refractivity contribution is 6.28. The summed E-state index contributed by atoms with van der Waals surface area (Å²) < 4.78 is 2.19. The molecule has 0 atom stereocenters. The van der Waals surface area contributed by atoms with Gasteiger partial charge < -0.3 is 15.0 Å². The lowest BCUT2D eigenvalue weighted by molar-refractivity contribution is 0.292. The van der Waals surface area contributed by atoms with Crippen LogP contribution in [-0.2, 0) is 0 Å². The Hall–Kier alpha value is -1.40. The maximum absolute atomic E-state index is 8.91. The number of fused-ring (bicyclic) bond motifs is 1. The predicted octanol–water partition coefficient (Wildman–Crippen LogP) is 2.78. The number of hydrogen-bond acceptors (Lipinski definition) is 5. The Bertz CT molecular complexity index is 609. The van der Waals surface area contributed by atoms with Crippen LogP contribution in [0.4, 0.5) is 5.82 Å². The maximum Gasteiger partial charge on any atom is 0.226 e. The summed E-state index contributed by atoms with van der Waals surface area (Å²) in [5.74, 6) is 0.710. The van der Waals surface area contributed by atoms with Crippen molar-refractivity contribution >= 4 is 28.6 Å². The summed E-state index contributed by atoms with van der Waals surface area (Å²) in [6.07, 6.45) is 8.68. The molecule has 2 heterocycles. The van der Waals surface area contributed by atoms with E-state index in [0.29, 0.717) is 30.5 Å². The minimum Gasteiger partial charge on any atom is -0.396 e. The standard InChI is InChI=1S/C14H20ClN5O/c15-14-18-12(16-7-4-8-21)11-13(19-14)17-9-20(11)10-5-2-1-3-6-10/h9-10,21H,1-8H2,(H,16,18,19). The molecule has 2 aromatic heterocycles. The highest BCUT2D eigenvalue weighted by atomic mass is 35.5. The second-order valence-corrected chi connectivity index (χ2v) is 5.80. The summed E-state index contributed by atoms with van der Waals surface area (Å²) in [5.41, 5.74) is 1.55. The van der Waals surface area contributed by atoms with Gasteiger partial charge in [-0.1, -0.05) is 19.3 Å². The Labute approximate surface area is 128 Å². The van der Waals surface area contributed by atoms with E-state index < -0.39 is 0 Å². The van der Waals surface area contributed by atoms with Crippen LogP contribution in [0.2, 0.25) is 5.28 Å². The van der Waals surface area contributed by atoms with Gasteiger partial charge in [-0.2, -0.15) is 9.97 Å². The number of halogens is 1. The normalized spacial score (nSPS) is 16.5. The number of aliphatic hydroxyl groups is 1. The van der Waals surface area contributed by atoms with Gasteiger partial charge in [-0.05, 0) is 30.9 Å². The van der Waals surface area contributed by atoms with Crippen molar-refractivity contribution in [3.63, 3.8) is 0 Å². The monoisotopic (exact) mass is 309 g/mol. The van der Waals surface area contributed by atoms with E-state index >= 15 is 0 Å². The third-order valence-corrected chi connectivity index (χ3v) is 4.17. The van der Waals surface area contributed by atoms with Gasteiger partial charge in [-0.25, -0.2) is 4.98 Å². The lowest BCUT2D eigenvalue weighted by Gasteiger charge is -2.24. The highest BCUT2D eigenvalue weighted by Gasteiger charge is 2.20. The molecule has 2 aromatic rings. The molecule has 3 rings (SSSR count). The number of aliphatic hydroxyl groups excluding tert-OH is 1. The molecule has 0 spiro atoms. The van der Waals surface area contributed by atoms with E-state index in [2.05, 4.69) is 24.8 Å². The Balaban J connectivity index is 1.96. The van der Waals surface area contributed by atoms with Crippen molar-refractivity contribution < 1.29 is 5.11 Å². The fourth-order valence-corrected chi connectivity index (χ4v) is 3.13.